The fraction of sp³-hybridized carbons (Fsp3) is 0.444. The fourth-order valence-electron chi connectivity index (χ4n) is 6.23. The van der Waals surface area contributed by atoms with Gasteiger partial charge in [0.15, 0.2) is 0 Å². The van der Waals surface area contributed by atoms with E-state index in [4.69, 9.17) is 14.2 Å². The van der Waals surface area contributed by atoms with E-state index in [1.165, 1.54) is 64.6 Å². The van der Waals surface area contributed by atoms with Crippen LogP contribution < -0.4 is 0 Å². The van der Waals surface area contributed by atoms with Crippen molar-refractivity contribution in [1.29, 1.82) is 0 Å². The first-order chi connectivity index (χ1) is 29.3. The smallest absolute Gasteiger partial charge is 0.242 e. The lowest BCUT2D eigenvalue weighted by molar-refractivity contribution is -0.149. The second kappa shape index (κ2) is 27.0. The molecule has 3 aromatic carbocycles. The molecule has 0 radical (unpaired) electrons. The van der Waals surface area contributed by atoms with Gasteiger partial charge in [-0.15, -0.1) is 0 Å². The van der Waals surface area contributed by atoms with Crippen LogP contribution in [0, 0.1) is 0 Å². The quantitative estimate of drug-likeness (QED) is 0.111. The van der Waals surface area contributed by atoms with Crippen molar-refractivity contribution < 1.29 is 47.8 Å². The van der Waals surface area contributed by atoms with E-state index in [1.54, 1.807) is 24.3 Å². The summed E-state index contributed by atoms with van der Waals surface area (Å²) in [6.45, 7) is 1.45. The summed E-state index contributed by atoms with van der Waals surface area (Å²) < 4.78 is 15.7. The summed E-state index contributed by atoms with van der Waals surface area (Å²) in [7, 11) is 4.42. The van der Waals surface area contributed by atoms with Crippen LogP contribution in [0.25, 0.3) is 0 Å². The number of methoxy groups -OCH3 is 3. The Morgan fingerprint density at radius 2 is 0.639 bits per heavy atom. The second-order valence-electron chi connectivity index (χ2n) is 14.5. The number of Topliss-reactive ketones (excluding diaryl/α,β-unsaturated/α-hetero) is 1. The van der Waals surface area contributed by atoms with Gasteiger partial charge < -0.3 is 43.6 Å². The average Bonchev–Trinajstić information content (AvgIpc) is 3.25. The van der Waals surface area contributed by atoms with Gasteiger partial charge >= 0.3 is 0 Å². The topological polar surface area (TPSA) is 167 Å². The van der Waals surface area contributed by atoms with Crippen molar-refractivity contribution in [3.05, 3.63) is 108 Å². The van der Waals surface area contributed by atoms with Crippen LogP contribution in [-0.4, -0.2) is 171 Å². The number of hydrogen-bond donors (Lipinski definition) is 0. The molecule has 0 aliphatic carbocycles. The van der Waals surface area contributed by atoms with E-state index in [-0.39, 0.29) is 90.4 Å². The van der Waals surface area contributed by atoms with Gasteiger partial charge in [-0.1, -0.05) is 91.0 Å². The Morgan fingerprint density at radius 1 is 0.377 bits per heavy atom. The minimum absolute atomic E-state index is 0.00314. The van der Waals surface area contributed by atoms with Crippen molar-refractivity contribution in [3.63, 3.8) is 0 Å². The first-order valence-electron chi connectivity index (χ1n) is 20.1. The molecule has 0 unspecified atom stereocenters. The molecule has 0 aromatic heterocycles. The van der Waals surface area contributed by atoms with Gasteiger partial charge in [-0.05, 0) is 23.6 Å². The number of amides is 6. The molecular formula is C45H60N6O10. The fourth-order valence-corrected chi connectivity index (χ4v) is 6.23. The molecule has 0 saturated heterocycles. The van der Waals surface area contributed by atoms with E-state index in [2.05, 4.69) is 0 Å². The number of rotatable bonds is 27. The Bertz CT molecular complexity index is 1850. The standard InChI is InChI=1S/C45H60N6O10/c1-36(52)27-49(28-38-15-9-6-10-16-38)44(57)32-47(22-25-60-4)42(55)35-51(30-40-19-13-8-14-20-40)45(58)33-48(23-26-61-5)41(54)34-50(29-39-17-11-7-12-18-39)43(56)31-46(37(2)53)21-24-59-3/h6-20H,21-35H2,1-5H3. The molecule has 3 rings (SSSR count). The van der Waals surface area contributed by atoms with Crippen LogP contribution in [0.4, 0.5) is 0 Å². The molecule has 16 nitrogen and oxygen atoms in total. The molecule has 0 atom stereocenters. The minimum atomic E-state index is -0.565. The highest BCUT2D eigenvalue weighted by molar-refractivity contribution is 5.92. The normalized spacial score (nSPS) is 10.7. The van der Waals surface area contributed by atoms with Crippen LogP contribution >= 0.6 is 0 Å². The highest BCUT2D eigenvalue weighted by Gasteiger charge is 2.29. The van der Waals surface area contributed by atoms with Crippen LogP contribution in [0.15, 0.2) is 91.0 Å². The summed E-state index contributed by atoms with van der Waals surface area (Å²) in [5.74, 6) is -3.15. The number of hydrogen-bond acceptors (Lipinski definition) is 10. The Morgan fingerprint density at radius 3 is 0.934 bits per heavy atom. The van der Waals surface area contributed by atoms with E-state index < -0.39 is 49.2 Å². The van der Waals surface area contributed by atoms with Crippen molar-refractivity contribution in [3.8, 4) is 0 Å². The van der Waals surface area contributed by atoms with Crippen LogP contribution in [0.2, 0.25) is 0 Å². The van der Waals surface area contributed by atoms with Gasteiger partial charge in [0.2, 0.25) is 35.4 Å². The Balaban J connectivity index is 1.89. The minimum Gasteiger partial charge on any atom is -0.383 e. The molecule has 0 aliphatic rings. The lowest BCUT2D eigenvalue weighted by Gasteiger charge is -2.32. The van der Waals surface area contributed by atoms with Crippen molar-refractivity contribution in [2.45, 2.75) is 33.5 Å². The molecule has 61 heavy (non-hydrogen) atoms. The van der Waals surface area contributed by atoms with Gasteiger partial charge in [-0.2, -0.15) is 0 Å². The van der Waals surface area contributed by atoms with Gasteiger partial charge in [0.1, 0.15) is 18.9 Å². The van der Waals surface area contributed by atoms with Gasteiger partial charge in [-0.25, -0.2) is 0 Å². The first-order valence-corrected chi connectivity index (χ1v) is 20.1. The maximum absolute atomic E-state index is 14.3. The molecular weight excluding hydrogens is 785 g/mol. The maximum Gasteiger partial charge on any atom is 0.242 e. The monoisotopic (exact) mass is 844 g/mol. The van der Waals surface area contributed by atoms with E-state index >= 15 is 0 Å². The zero-order chi connectivity index (χ0) is 44.6. The summed E-state index contributed by atoms with van der Waals surface area (Å²) in [6.07, 6.45) is 0. The Labute approximate surface area is 358 Å². The second-order valence-corrected chi connectivity index (χ2v) is 14.5. The Hall–Kier alpha value is -5.97. The number of carbonyl (C=O) groups is 7. The third-order valence-electron chi connectivity index (χ3n) is 9.60. The lowest BCUT2D eigenvalue weighted by atomic mass is 10.2. The van der Waals surface area contributed by atoms with Crippen LogP contribution in [0.1, 0.15) is 30.5 Å². The molecule has 330 valence electrons. The zero-order valence-corrected chi connectivity index (χ0v) is 36.0. The van der Waals surface area contributed by atoms with E-state index in [9.17, 15) is 33.6 Å². The Kier molecular flexibility index (Phi) is 21.9. The molecule has 0 saturated carbocycles. The molecule has 0 spiro atoms. The molecule has 0 N–H and O–H groups in total. The SMILES string of the molecule is COCCN(CC(=O)N(CC(=O)N(CCOC)CC(=O)N(CC(=O)N(CCOC)CC(=O)N(CC(C)=O)Cc1ccccc1)Cc1ccccc1)Cc1ccccc1)C(C)=O. The number of ketones is 1. The van der Waals surface area contributed by atoms with Crippen LogP contribution in [0.3, 0.4) is 0 Å². The maximum atomic E-state index is 14.3. The van der Waals surface area contributed by atoms with Gasteiger partial charge in [-0.3, -0.25) is 33.6 Å². The number of benzene rings is 3. The lowest BCUT2D eigenvalue weighted by Crippen LogP contribution is -2.52. The molecule has 0 heterocycles. The number of carbonyl (C=O) groups excluding carboxylic acids is 7. The molecule has 6 amide bonds. The average molecular weight is 845 g/mol. The van der Waals surface area contributed by atoms with Crippen LogP contribution in [-0.2, 0) is 67.4 Å². The predicted octanol–water partition coefficient (Wildman–Crippen LogP) is 2.11. The first kappa shape index (κ1) is 49.4. The summed E-state index contributed by atoms with van der Waals surface area (Å²) in [5, 5.41) is 0. The van der Waals surface area contributed by atoms with Crippen LogP contribution in [0.5, 0.6) is 0 Å². The van der Waals surface area contributed by atoms with E-state index in [0.29, 0.717) is 0 Å². The molecule has 3 aromatic rings. The van der Waals surface area contributed by atoms with Crippen molar-refractivity contribution in [2.24, 2.45) is 0 Å². The largest absolute Gasteiger partial charge is 0.383 e. The van der Waals surface area contributed by atoms with E-state index in [1.807, 2.05) is 66.7 Å². The van der Waals surface area contributed by atoms with Crippen molar-refractivity contribution in [2.75, 3.05) is 100 Å². The molecule has 0 bridgehead atoms. The predicted molar refractivity (Wildman–Crippen MR) is 227 cm³/mol. The van der Waals surface area contributed by atoms with Gasteiger partial charge in [0.25, 0.3) is 0 Å². The number of nitrogens with zero attached hydrogens (tertiary/aromatic N) is 6. The third-order valence-corrected chi connectivity index (χ3v) is 9.60. The summed E-state index contributed by atoms with van der Waals surface area (Å²) in [6, 6.07) is 27.3. The third kappa shape index (κ3) is 18.0. The van der Waals surface area contributed by atoms with Crippen molar-refractivity contribution in [1.82, 2.24) is 29.4 Å². The van der Waals surface area contributed by atoms with Gasteiger partial charge in [0.05, 0.1) is 46.0 Å². The highest BCUT2D eigenvalue weighted by Crippen LogP contribution is 2.12. The van der Waals surface area contributed by atoms with Gasteiger partial charge in [0, 0.05) is 67.5 Å². The number of ether oxygens (including phenoxy) is 3. The van der Waals surface area contributed by atoms with E-state index in [0.717, 1.165) is 16.7 Å². The molecule has 0 fully saturated rings. The molecule has 16 heteroatoms. The zero-order valence-electron chi connectivity index (χ0n) is 36.0. The molecule has 0 aliphatic heterocycles. The highest BCUT2D eigenvalue weighted by atomic mass is 16.5. The summed E-state index contributed by atoms with van der Waals surface area (Å²) >= 11 is 0. The summed E-state index contributed by atoms with van der Waals surface area (Å²) in [5.41, 5.74) is 2.28. The summed E-state index contributed by atoms with van der Waals surface area (Å²) in [4.78, 5) is 103. The van der Waals surface area contributed by atoms with Crippen molar-refractivity contribution >= 4 is 41.2 Å².